The van der Waals surface area contributed by atoms with Crippen LogP contribution in [-0.4, -0.2) is 5.91 Å². The fraction of sp³-hybridized carbons (Fsp3) is 0.125. The van der Waals surface area contributed by atoms with Gasteiger partial charge in [-0.05, 0) is 67.8 Å². The van der Waals surface area contributed by atoms with Crippen molar-refractivity contribution in [3.8, 4) is 0 Å². The average molecular weight is 369 g/mol. The van der Waals surface area contributed by atoms with Crippen LogP contribution < -0.4 is 5.32 Å². The van der Waals surface area contributed by atoms with Gasteiger partial charge in [0.15, 0.2) is 0 Å². The largest absolute Gasteiger partial charge is 0.322 e. The highest BCUT2D eigenvalue weighted by Crippen LogP contribution is 2.25. The van der Waals surface area contributed by atoms with E-state index in [2.05, 4.69) is 15.5 Å². The molecule has 0 aromatic heterocycles. The summed E-state index contributed by atoms with van der Waals surface area (Å²) in [6.45, 7) is 5.97. The first-order valence-corrected chi connectivity index (χ1v) is 9.15. The number of azo groups is 1. The molecule has 4 heteroatoms. The minimum Gasteiger partial charge on any atom is -0.322 e. The van der Waals surface area contributed by atoms with Crippen molar-refractivity contribution in [1.29, 1.82) is 0 Å². The van der Waals surface area contributed by atoms with Gasteiger partial charge in [-0.15, -0.1) is 0 Å². The van der Waals surface area contributed by atoms with Crippen LogP contribution >= 0.6 is 0 Å². The molecule has 3 aromatic rings. The van der Waals surface area contributed by atoms with E-state index >= 15 is 0 Å². The molecule has 28 heavy (non-hydrogen) atoms. The zero-order valence-electron chi connectivity index (χ0n) is 16.3. The summed E-state index contributed by atoms with van der Waals surface area (Å²) in [5, 5.41) is 11.5. The fourth-order valence-electron chi connectivity index (χ4n) is 2.66. The maximum absolute atomic E-state index is 12.2. The van der Waals surface area contributed by atoms with Crippen molar-refractivity contribution in [3.63, 3.8) is 0 Å². The topological polar surface area (TPSA) is 53.8 Å². The van der Waals surface area contributed by atoms with Gasteiger partial charge in [0, 0.05) is 11.8 Å². The Balaban J connectivity index is 1.66. The van der Waals surface area contributed by atoms with E-state index in [4.69, 9.17) is 0 Å². The van der Waals surface area contributed by atoms with Gasteiger partial charge in [-0.3, -0.25) is 4.79 Å². The fourth-order valence-corrected chi connectivity index (χ4v) is 2.66. The Morgan fingerprint density at radius 3 is 2.32 bits per heavy atom. The number of carbonyl (C=O) groups excluding carboxylic acids is 1. The van der Waals surface area contributed by atoms with Crippen molar-refractivity contribution < 1.29 is 4.79 Å². The summed E-state index contributed by atoms with van der Waals surface area (Å²) in [6, 6.07) is 21.4. The Bertz CT molecular complexity index is 1030. The van der Waals surface area contributed by atoms with Crippen LogP contribution in [0.2, 0.25) is 0 Å². The van der Waals surface area contributed by atoms with E-state index in [1.807, 2.05) is 87.5 Å². The van der Waals surface area contributed by atoms with Gasteiger partial charge in [-0.1, -0.05) is 48.0 Å². The molecule has 3 aromatic carbocycles. The van der Waals surface area contributed by atoms with E-state index in [0.717, 1.165) is 33.8 Å². The van der Waals surface area contributed by atoms with Gasteiger partial charge in [-0.25, -0.2) is 0 Å². The minimum atomic E-state index is -0.169. The second kappa shape index (κ2) is 8.91. The minimum absolute atomic E-state index is 0.169. The van der Waals surface area contributed by atoms with Gasteiger partial charge in [0.1, 0.15) is 0 Å². The summed E-state index contributed by atoms with van der Waals surface area (Å²) < 4.78 is 0. The number of benzene rings is 3. The Morgan fingerprint density at radius 2 is 1.61 bits per heavy atom. The third-order valence-corrected chi connectivity index (χ3v) is 4.36. The highest BCUT2D eigenvalue weighted by molar-refractivity contribution is 6.02. The van der Waals surface area contributed by atoms with Crippen LogP contribution in [0.5, 0.6) is 0 Å². The monoisotopic (exact) mass is 369 g/mol. The molecule has 0 saturated heterocycles. The van der Waals surface area contributed by atoms with E-state index in [1.165, 1.54) is 11.6 Å². The molecule has 3 rings (SSSR count). The molecule has 0 aliphatic carbocycles. The molecule has 140 valence electrons. The van der Waals surface area contributed by atoms with Crippen LogP contribution in [0.15, 0.2) is 83.0 Å². The lowest BCUT2D eigenvalue weighted by Gasteiger charge is -2.07. The van der Waals surface area contributed by atoms with Crippen LogP contribution in [0.4, 0.5) is 17.1 Å². The van der Waals surface area contributed by atoms with Gasteiger partial charge in [0.2, 0.25) is 5.91 Å². The van der Waals surface area contributed by atoms with Crippen LogP contribution in [0.25, 0.3) is 6.08 Å². The third kappa shape index (κ3) is 5.24. The number of amides is 1. The number of nitrogens with zero attached hydrogens (tertiary/aromatic N) is 2. The van der Waals surface area contributed by atoms with Crippen molar-refractivity contribution in [3.05, 3.63) is 95.1 Å². The summed E-state index contributed by atoms with van der Waals surface area (Å²) in [7, 11) is 0. The predicted molar refractivity (Wildman–Crippen MR) is 115 cm³/mol. The number of aryl methyl sites for hydroxylation is 3. The molecule has 1 N–H and O–H groups in total. The zero-order valence-corrected chi connectivity index (χ0v) is 16.3. The first-order chi connectivity index (χ1) is 13.5. The van der Waals surface area contributed by atoms with Crippen molar-refractivity contribution >= 4 is 29.0 Å². The summed E-state index contributed by atoms with van der Waals surface area (Å²) in [6.07, 6.45) is 3.34. The first kappa shape index (κ1) is 19.2. The van der Waals surface area contributed by atoms with Crippen molar-refractivity contribution in [2.45, 2.75) is 20.8 Å². The molecule has 0 saturated carbocycles. The average Bonchev–Trinajstić information content (AvgIpc) is 2.69. The molecule has 0 fully saturated rings. The van der Waals surface area contributed by atoms with Gasteiger partial charge in [-0.2, -0.15) is 10.2 Å². The third-order valence-electron chi connectivity index (χ3n) is 4.36. The molecule has 0 aliphatic heterocycles. The smallest absolute Gasteiger partial charge is 0.248 e. The van der Waals surface area contributed by atoms with E-state index in [1.54, 1.807) is 6.08 Å². The number of anilines is 1. The molecule has 0 spiro atoms. The normalized spacial score (nSPS) is 11.2. The quantitative estimate of drug-likeness (QED) is 0.396. The zero-order chi connectivity index (χ0) is 19.9. The van der Waals surface area contributed by atoms with Gasteiger partial charge in [0.05, 0.1) is 11.4 Å². The summed E-state index contributed by atoms with van der Waals surface area (Å²) >= 11 is 0. The lowest BCUT2D eigenvalue weighted by Crippen LogP contribution is -2.08. The Morgan fingerprint density at radius 1 is 0.857 bits per heavy atom. The van der Waals surface area contributed by atoms with Crippen LogP contribution in [0.3, 0.4) is 0 Å². The number of rotatable bonds is 5. The summed E-state index contributed by atoms with van der Waals surface area (Å²) in [5.74, 6) is -0.169. The van der Waals surface area contributed by atoms with E-state index in [0.29, 0.717) is 0 Å². The molecule has 0 radical (unpaired) electrons. The van der Waals surface area contributed by atoms with E-state index in [9.17, 15) is 4.79 Å². The van der Waals surface area contributed by atoms with Gasteiger partial charge >= 0.3 is 0 Å². The van der Waals surface area contributed by atoms with Gasteiger partial charge < -0.3 is 5.32 Å². The Kier molecular flexibility index (Phi) is 6.12. The standard InChI is InChI=1S/C24H23N3O/c1-17-8-10-20(11-9-17)12-15-24(28)25-22-14-13-21(16-19(22)3)26-27-23-7-5-4-6-18(23)2/h4-16H,1-3H3,(H,25,28)/b15-12+,27-26?. The van der Waals surface area contributed by atoms with Crippen molar-refractivity contribution in [2.75, 3.05) is 5.32 Å². The molecule has 1 amide bonds. The number of hydrogen-bond acceptors (Lipinski definition) is 3. The molecule has 0 atom stereocenters. The highest BCUT2D eigenvalue weighted by atomic mass is 16.1. The van der Waals surface area contributed by atoms with Gasteiger partial charge in [0.25, 0.3) is 0 Å². The van der Waals surface area contributed by atoms with Crippen LogP contribution in [0.1, 0.15) is 22.3 Å². The predicted octanol–water partition coefficient (Wildman–Crippen LogP) is 6.68. The Hall–Kier alpha value is -3.53. The highest BCUT2D eigenvalue weighted by Gasteiger charge is 2.03. The second-order valence-corrected chi connectivity index (χ2v) is 6.72. The molecule has 0 bridgehead atoms. The molecular formula is C24H23N3O. The molecule has 0 unspecified atom stereocenters. The van der Waals surface area contributed by atoms with Crippen LogP contribution in [-0.2, 0) is 4.79 Å². The Labute approximate surface area is 165 Å². The lowest BCUT2D eigenvalue weighted by atomic mass is 10.1. The number of carbonyl (C=O) groups is 1. The second-order valence-electron chi connectivity index (χ2n) is 6.72. The maximum atomic E-state index is 12.2. The maximum Gasteiger partial charge on any atom is 0.248 e. The summed E-state index contributed by atoms with van der Waals surface area (Å²) in [5.41, 5.74) is 6.54. The SMILES string of the molecule is Cc1ccc(/C=C/C(=O)Nc2ccc(N=Nc3ccccc3C)cc2C)cc1. The number of nitrogens with one attached hydrogen (secondary N) is 1. The first-order valence-electron chi connectivity index (χ1n) is 9.15. The van der Waals surface area contributed by atoms with Crippen molar-refractivity contribution in [2.24, 2.45) is 10.2 Å². The molecule has 4 nitrogen and oxygen atoms in total. The molecule has 0 heterocycles. The van der Waals surface area contributed by atoms with Crippen molar-refractivity contribution in [1.82, 2.24) is 0 Å². The summed E-state index contributed by atoms with van der Waals surface area (Å²) in [4.78, 5) is 12.2. The van der Waals surface area contributed by atoms with Crippen LogP contribution in [0, 0.1) is 20.8 Å². The van der Waals surface area contributed by atoms with E-state index < -0.39 is 0 Å². The van der Waals surface area contributed by atoms with E-state index in [-0.39, 0.29) is 5.91 Å². The molecule has 0 aliphatic rings. The molecular weight excluding hydrogens is 346 g/mol. The lowest BCUT2D eigenvalue weighted by molar-refractivity contribution is -0.111. The number of hydrogen-bond donors (Lipinski definition) is 1.